The maximum absolute atomic E-state index is 12.8. The number of ether oxygens (including phenoxy) is 1. The predicted octanol–water partition coefficient (Wildman–Crippen LogP) is 4.04. The Morgan fingerprint density at radius 1 is 1.17 bits per heavy atom. The minimum absolute atomic E-state index is 0.0773. The number of benzene rings is 1. The molecule has 0 aliphatic heterocycles. The fraction of sp³-hybridized carbons (Fsp3) is 0.435. The molecule has 0 saturated heterocycles. The average molecular weight is 429 g/mol. The smallest absolute Gasteiger partial charge is 0.314 e. The SMILES string of the molecule is CCC(C)C(C(=O)OCC(=O)Nc1sc2c(c1C(N)=O)CCCC2)c1ccccc1. The number of esters is 1. The van der Waals surface area contributed by atoms with Crippen LogP contribution >= 0.6 is 11.3 Å². The van der Waals surface area contributed by atoms with Crippen molar-refractivity contribution in [3.63, 3.8) is 0 Å². The first kappa shape index (κ1) is 22.0. The lowest BCUT2D eigenvalue weighted by Crippen LogP contribution is -2.27. The van der Waals surface area contributed by atoms with E-state index in [1.54, 1.807) is 0 Å². The summed E-state index contributed by atoms with van der Waals surface area (Å²) in [6.45, 7) is 3.61. The van der Waals surface area contributed by atoms with Crippen LogP contribution in [0.5, 0.6) is 0 Å². The topological polar surface area (TPSA) is 98.5 Å². The summed E-state index contributed by atoms with van der Waals surface area (Å²) in [6.07, 6.45) is 4.56. The second-order valence-corrected chi connectivity index (χ2v) is 8.81. The normalized spacial score (nSPS) is 15.0. The van der Waals surface area contributed by atoms with E-state index in [9.17, 15) is 14.4 Å². The molecule has 2 unspecified atom stereocenters. The van der Waals surface area contributed by atoms with Crippen molar-refractivity contribution in [3.05, 3.63) is 51.9 Å². The Hall–Kier alpha value is -2.67. The highest BCUT2D eigenvalue weighted by Crippen LogP contribution is 2.38. The lowest BCUT2D eigenvalue weighted by molar-refractivity contribution is -0.150. The van der Waals surface area contributed by atoms with Gasteiger partial charge in [0.1, 0.15) is 5.00 Å². The van der Waals surface area contributed by atoms with E-state index in [1.807, 2.05) is 44.2 Å². The van der Waals surface area contributed by atoms with Crippen molar-refractivity contribution in [2.24, 2.45) is 11.7 Å². The zero-order chi connectivity index (χ0) is 21.7. The maximum atomic E-state index is 12.8. The minimum Gasteiger partial charge on any atom is -0.455 e. The first-order valence-corrected chi connectivity index (χ1v) is 11.2. The van der Waals surface area contributed by atoms with Crippen molar-refractivity contribution >= 4 is 34.1 Å². The first-order chi connectivity index (χ1) is 14.4. The molecule has 1 aliphatic rings. The van der Waals surface area contributed by atoms with Crippen molar-refractivity contribution in [2.75, 3.05) is 11.9 Å². The number of carbonyl (C=O) groups is 3. The van der Waals surface area contributed by atoms with Gasteiger partial charge in [-0.25, -0.2) is 0 Å². The Bertz CT molecular complexity index is 923. The number of nitrogens with two attached hydrogens (primary N) is 1. The van der Waals surface area contributed by atoms with E-state index in [4.69, 9.17) is 10.5 Å². The Labute approximate surface area is 180 Å². The van der Waals surface area contributed by atoms with Gasteiger partial charge >= 0.3 is 5.97 Å². The van der Waals surface area contributed by atoms with Crippen LogP contribution in [0.25, 0.3) is 0 Å². The summed E-state index contributed by atoms with van der Waals surface area (Å²) in [7, 11) is 0. The van der Waals surface area contributed by atoms with Crippen molar-refractivity contribution in [3.8, 4) is 0 Å². The number of carbonyl (C=O) groups excluding carboxylic acids is 3. The zero-order valence-corrected chi connectivity index (χ0v) is 18.2. The van der Waals surface area contributed by atoms with E-state index in [0.717, 1.165) is 48.1 Å². The van der Waals surface area contributed by atoms with Crippen LogP contribution in [0.1, 0.15) is 65.4 Å². The van der Waals surface area contributed by atoms with Crippen LogP contribution in [0.15, 0.2) is 30.3 Å². The highest BCUT2D eigenvalue weighted by atomic mass is 32.1. The van der Waals surface area contributed by atoms with Gasteiger partial charge in [0.05, 0.1) is 11.5 Å². The number of nitrogens with one attached hydrogen (secondary N) is 1. The largest absolute Gasteiger partial charge is 0.455 e. The summed E-state index contributed by atoms with van der Waals surface area (Å²) in [6, 6.07) is 9.46. The molecule has 0 fully saturated rings. The molecule has 2 atom stereocenters. The summed E-state index contributed by atoms with van der Waals surface area (Å²) in [4.78, 5) is 38.3. The van der Waals surface area contributed by atoms with Gasteiger partial charge in [0.2, 0.25) is 0 Å². The zero-order valence-electron chi connectivity index (χ0n) is 17.4. The van der Waals surface area contributed by atoms with Crippen molar-refractivity contribution in [1.82, 2.24) is 0 Å². The number of aryl methyl sites for hydroxylation is 1. The average Bonchev–Trinajstić information content (AvgIpc) is 3.11. The van der Waals surface area contributed by atoms with Crippen molar-refractivity contribution < 1.29 is 19.1 Å². The molecule has 3 N–H and O–H groups in total. The molecule has 6 nitrogen and oxygen atoms in total. The van der Waals surface area contributed by atoms with Gasteiger partial charge in [0.25, 0.3) is 11.8 Å². The van der Waals surface area contributed by atoms with Crippen LogP contribution in [0, 0.1) is 5.92 Å². The van der Waals surface area contributed by atoms with Gasteiger partial charge in [-0.3, -0.25) is 14.4 Å². The molecule has 3 rings (SSSR count). The molecule has 0 saturated carbocycles. The van der Waals surface area contributed by atoms with Crippen molar-refractivity contribution in [1.29, 1.82) is 0 Å². The number of amides is 2. The van der Waals surface area contributed by atoms with E-state index in [1.165, 1.54) is 11.3 Å². The first-order valence-electron chi connectivity index (χ1n) is 10.4. The minimum atomic E-state index is -0.539. The van der Waals surface area contributed by atoms with Gasteiger partial charge in [-0.1, -0.05) is 50.6 Å². The Morgan fingerprint density at radius 2 is 1.87 bits per heavy atom. The molecule has 1 aromatic heterocycles. The lowest BCUT2D eigenvalue weighted by Gasteiger charge is -2.21. The molecule has 1 aliphatic carbocycles. The summed E-state index contributed by atoms with van der Waals surface area (Å²) < 4.78 is 5.36. The fourth-order valence-electron chi connectivity index (χ4n) is 3.90. The molecule has 1 heterocycles. The Morgan fingerprint density at radius 3 is 2.53 bits per heavy atom. The molecule has 2 aromatic rings. The van der Waals surface area contributed by atoms with Crippen LogP contribution in [0.2, 0.25) is 0 Å². The van der Waals surface area contributed by atoms with Crippen LogP contribution in [0.3, 0.4) is 0 Å². The third-order valence-electron chi connectivity index (χ3n) is 5.64. The number of fused-ring (bicyclic) bond motifs is 1. The molecule has 7 heteroatoms. The van der Waals surface area contributed by atoms with Crippen LogP contribution in [-0.2, 0) is 27.2 Å². The summed E-state index contributed by atoms with van der Waals surface area (Å²) in [5, 5.41) is 3.18. The predicted molar refractivity (Wildman–Crippen MR) is 118 cm³/mol. The number of anilines is 1. The van der Waals surface area contributed by atoms with E-state index in [2.05, 4.69) is 5.32 Å². The highest BCUT2D eigenvalue weighted by Gasteiger charge is 2.29. The molecule has 0 bridgehead atoms. The summed E-state index contributed by atoms with van der Waals surface area (Å²) in [5.74, 6) is -1.79. The Balaban J connectivity index is 1.67. The monoisotopic (exact) mass is 428 g/mol. The third kappa shape index (κ3) is 4.90. The van der Waals surface area contributed by atoms with Gasteiger partial charge in [-0.05, 0) is 42.7 Å². The second-order valence-electron chi connectivity index (χ2n) is 7.71. The number of primary amides is 1. The Kier molecular flexibility index (Phi) is 7.26. The third-order valence-corrected chi connectivity index (χ3v) is 6.85. The van der Waals surface area contributed by atoms with E-state index < -0.39 is 30.3 Å². The van der Waals surface area contributed by atoms with Gasteiger partial charge in [-0.15, -0.1) is 11.3 Å². The van der Waals surface area contributed by atoms with Crippen LogP contribution < -0.4 is 11.1 Å². The molecule has 2 amide bonds. The standard InChI is InChI=1S/C23H28N2O4S/c1-3-14(2)19(15-9-5-4-6-10-15)23(28)29-13-18(26)25-22-20(21(24)27)16-11-7-8-12-17(16)30-22/h4-6,9-10,14,19H,3,7-8,11-13H2,1-2H3,(H2,24,27)(H,25,26). The fourth-order valence-corrected chi connectivity index (χ4v) is 5.21. The second kappa shape index (κ2) is 9.89. The van der Waals surface area contributed by atoms with Crippen molar-refractivity contribution in [2.45, 2.75) is 51.9 Å². The molecular weight excluding hydrogens is 400 g/mol. The highest BCUT2D eigenvalue weighted by molar-refractivity contribution is 7.17. The number of hydrogen-bond acceptors (Lipinski definition) is 5. The molecule has 160 valence electrons. The van der Waals surface area contributed by atoms with Gasteiger partial charge in [0.15, 0.2) is 6.61 Å². The van der Waals surface area contributed by atoms with Gasteiger partial charge in [0, 0.05) is 4.88 Å². The number of hydrogen-bond donors (Lipinski definition) is 2. The van der Waals surface area contributed by atoms with Crippen LogP contribution in [0.4, 0.5) is 5.00 Å². The molecule has 0 radical (unpaired) electrons. The summed E-state index contributed by atoms with van der Waals surface area (Å²) in [5.41, 5.74) is 7.79. The summed E-state index contributed by atoms with van der Waals surface area (Å²) >= 11 is 1.39. The molecule has 0 spiro atoms. The number of rotatable bonds is 8. The molecule has 1 aromatic carbocycles. The quantitative estimate of drug-likeness (QED) is 0.620. The van der Waals surface area contributed by atoms with Crippen LogP contribution in [-0.4, -0.2) is 24.4 Å². The van der Waals surface area contributed by atoms with E-state index in [-0.39, 0.29) is 5.92 Å². The van der Waals surface area contributed by atoms with Gasteiger partial charge in [-0.2, -0.15) is 0 Å². The van der Waals surface area contributed by atoms with E-state index >= 15 is 0 Å². The van der Waals surface area contributed by atoms with E-state index in [0.29, 0.717) is 10.6 Å². The molecular formula is C23H28N2O4S. The maximum Gasteiger partial charge on any atom is 0.314 e. The lowest BCUT2D eigenvalue weighted by atomic mass is 9.86. The molecule has 30 heavy (non-hydrogen) atoms. The number of thiophene rings is 1. The van der Waals surface area contributed by atoms with Gasteiger partial charge < -0.3 is 15.8 Å².